The molecule has 0 aliphatic heterocycles. The molecule has 0 radical (unpaired) electrons. The van der Waals surface area contributed by atoms with Gasteiger partial charge in [0.1, 0.15) is 0 Å². The Kier molecular flexibility index (Phi) is 5.11. The van der Waals surface area contributed by atoms with E-state index in [9.17, 15) is 4.79 Å². The summed E-state index contributed by atoms with van der Waals surface area (Å²) in [6, 6.07) is 20.0. The molecule has 0 saturated carbocycles. The van der Waals surface area contributed by atoms with Gasteiger partial charge in [0.25, 0.3) is 5.91 Å². The topological polar surface area (TPSA) is 29.1 Å². The molecule has 1 atom stereocenters. The van der Waals surface area contributed by atoms with Gasteiger partial charge in [-0.25, -0.2) is 0 Å². The van der Waals surface area contributed by atoms with Gasteiger partial charge in [-0.1, -0.05) is 44.2 Å². The lowest BCUT2D eigenvalue weighted by Crippen LogP contribution is -2.11. The highest BCUT2D eigenvalue weighted by Gasteiger charge is 2.08. The van der Waals surface area contributed by atoms with Crippen LogP contribution in [0.2, 0.25) is 0 Å². The first-order chi connectivity index (χ1) is 11.7. The van der Waals surface area contributed by atoms with Crippen LogP contribution in [0.4, 0.5) is 5.69 Å². The molecule has 1 unspecified atom stereocenters. The van der Waals surface area contributed by atoms with Crippen molar-refractivity contribution in [3.8, 4) is 10.4 Å². The van der Waals surface area contributed by atoms with Crippen molar-refractivity contribution in [2.75, 3.05) is 5.32 Å². The van der Waals surface area contributed by atoms with Crippen LogP contribution in [-0.4, -0.2) is 5.91 Å². The highest BCUT2D eigenvalue weighted by molar-refractivity contribution is 7.13. The van der Waals surface area contributed by atoms with E-state index in [1.807, 2.05) is 42.5 Å². The van der Waals surface area contributed by atoms with E-state index in [4.69, 9.17) is 0 Å². The number of hydrogen-bond acceptors (Lipinski definition) is 2. The second kappa shape index (κ2) is 7.45. The summed E-state index contributed by atoms with van der Waals surface area (Å²) in [5.41, 5.74) is 3.94. The van der Waals surface area contributed by atoms with Crippen LogP contribution in [0.25, 0.3) is 10.4 Å². The zero-order chi connectivity index (χ0) is 16.9. The second-order valence-electron chi connectivity index (χ2n) is 5.94. The molecule has 1 amide bonds. The van der Waals surface area contributed by atoms with Gasteiger partial charge in [-0.15, -0.1) is 11.3 Å². The smallest absolute Gasteiger partial charge is 0.255 e. The Morgan fingerprint density at radius 1 is 1.04 bits per heavy atom. The van der Waals surface area contributed by atoms with E-state index >= 15 is 0 Å². The van der Waals surface area contributed by atoms with Crippen molar-refractivity contribution in [2.24, 2.45) is 0 Å². The van der Waals surface area contributed by atoms with E-state index in [2.05, 4.69) is 42.7 Å². The summed E-state index contributed by atoms with van der Waals surface area (Å²) in [5.74, 6) is 0.462. The predicted octanol–water partition coefficient (Wildman–Crippen LogP) is 6.18. The molecule has 1 N–H and O–H groups in total. The predicted molar refractivity (Wildman–Crippen MR) is 103 cm³/mol. The lowest BCUT2D eigenvalue weighted by atomic mass is 9.98. The minimum atomic E-state index is -0.0796. The van der Waals surface area contributed by atoms with Crippen molar-refractivity contribution in [3.05, 3.63) is 77.2 Å². The Balaban J connectivity index is 1.68. The summed E-state index contributed by atoms with van der Waals surface area (Å²) >= 11 is 1.70. The maximum absolute atomic E-state index is 12.4. The second-order valence-corrected chi connectivity index (χ2v) is 6.89. The number of carbonyl (C=O) groups is 1. The van der Waals surface area contributed by atoms with Crippen LogP contribution in [-0.2, 0) is 0 Å². The Morgan fingerprint density at radius 3 is 2.33 bits per heavy atom. The molecule has 0 bridgehead atoms. The van der Waals surface area contributed by atoms with Gasteiger partial charge in [0.15, 0.2) is 0 Å². The lowest BCUT2D eigenvalue weighted by molar-refractivity contribution is 0.102. The number of thiophene rings is 1. The van der Waals surface area contributed by atoms with Gasteiger partial charge in [0.05, 0.1) is 0 Å². The standard InChI is InChI=1S/C21H21NOS/c1-3-15(2)16-10-12-19(13-11-16)22-21(23)18-8-6-17(7-9-18)20-5-4-14-24-20/h4-15H,3H2,1-2H3,(H,22,23). The molecule has 0 saturated heterocycles. The molecular weight excluding hydrogens is 314 g/mol. The monoisotopic (exact) mass is 335 g/mol. The Bertz CT molecular complexity index is 789. The molecule has 3 heteroatoms. The fourth-order valence-corrected chi connectivity index (χ4v) is 3.30. The van der Waals surface area contributed by atoms with Crippen molar-refractivity contribution in [1.82, 2.24) is 0 Å². The van der Waals surface area contributed by atoms with Crippen LogP contribution in [0.1, 0.15) is 42.1 Å². The van der Waals surface area contributed by atoms with Crippen LogP contribution in [0.3, 0.4) is 0 Å². The van der Waals surface area contributed by atoms with Crippen LogP contribution in [0.5, 0.6) is 0 Å². The van der Waals surface area contributed by atoms with Crippen LogP contribution in [0, 0.1) is 0 Å². The molecule has 1 heterocycles. The largest absolute Gasteiger partial charge is 0.322 e. The van der Waals surface area contributed by atoms with E-state index in [1.165, 1.54) is 10.4 Å². The van der Waals surface area contributed by atoms with E-state index in [0.717, 1.165) is 17.7 Å². The fourth-order valence-electron chi connectivity index (χ4n) is 2.56. The molecule has 0 aliphatic rings. The van der Waals surface area contributed by atoms with Crippen molar-refractivity contribution in [2.45, 2.75) is 26.2 Å². The molecule has 24 heavy (non-hydrogen) atoms. The molecule has 0 fully saturated rings. The van der Waals surface area contributed by atoms with E-state index in [1.54, 1.807) is 11.3 Å². The average molecular weight is 335 g/mol. The molecule has 122 valence electrons. The molecule has 3 aromatic rings. The molecule has 0 spiro atoms. The molecule has 2 nitrogen and oxygen atoms in total. The molecule has 2 aromatic carbocycles. The first-order valence-corrected chi connectivity index (χ1v) is 9.10. The normalized spacial score (nSPS) is 11.9. The summed E-state index contributed by atoms with van der Waals surface area (Å²) in [6.45, 7) is 4.39. The van der Waals surface area contributed by atoms with Crippen molar-refractivity contribution in [3.63, 3.8) is 0 Å². The van der Waals surface area contributed by atoms with Gasteiger partial charge >= 0.3 is 0 Å². The third-order valence-electron chi connectivity index (χ3n) is 4.30. The Labute approximate surface area is 147 Å². The summed E-state index contributed by atoms with van der Waals surface area (Å²) in [5, 5.41) is 5.01. The number of nitrogens with one attached hydrogen (secondary N) is 1. The SMILES string of the molecule is CCC(C)c1ccc(NC(=O)c2ccc(-c3cccs3)cc2)cc1. The Morgan fingerprint density at radius 2 is 1.75 bits per heavy atom. The number of carbonyl (C=O) groups excluding carboxylic acids is 1. The number of hydrogen-bond donors (Lipinski definition) is 1. The highest BCUT2D eigenvalue weighted by Crippen LogP contribution is 2.25. The third-order valence-corrected chi connectivity index (χ3v) is 5.22. The first-order valence-electron chi connectivity index (χ1n) is 8.22. The molecule has 0 aliphatic carbocycles. The average Bonchev–Trinajstić information content (AvgIpc) is 3.16. The first kappa shape index (κ1) is 16.5. The summed E-state index contributed by atoms with van der Waals surface area (Å²) in [7, 11) is 0. The molecule has 3 rings (SSSR count). The zero-order valence-corrected chi connectivity index (χ0v) is 14.8. The summed E-state index contributed by atoms with van der Waals surface area (Å²) < 4.78 is 0. The number of benzene rings is 2. The van der Waals surface area contributed by atoms with Crippen molar-refractivity contribution < 1.29 is 4.79 Å². The fraction of sp³-hybridized carbons (Fsp3) is 0.190. The number of anilines is 1. The maximum atomic E-state index is 12.4. The van der Waals surface area contributed by atoms with Crippen LogP contribution >= 0.6 is 11.3 Å². The quantitative estimate of drug-likeness (QED) is 0.592. The lowest BCUT2D eigenvalue weighted by Gasteiger charge is -2.10. The van der Waals surface area contributed by atoms with Gasteiger partial charge in [0.2, 0.25) is 0 Å². The minimum absolute atomic E-state index is 0.0796. The van der Waals surface area contributed by atoms with E-state index < -0.39 is 0 Å². The van der Waals surface area contributed by atoms with E-state index in [-0.39, 0.29) is 5.91 Å². The minimum Gasteiger partial charge on any atom is -0.322 e. The third kappa shape index (κ3) is 3.74. The zero-order valence-electron chi connectivity index (χ0n) is 14.0. The van der Waals surface area contributed by atoms with Crippen molar-refractivity contribution >= 4 is 22.9 Å². The van der Waals surface area contributed by atoms with E-state index in [0.29, 0.717) is 11.5 Å². The van der Waals surface area contributed by atoms with Crippen LogP contribution < -0.4 is 5.32 Å². The van der Waals surface area contributed by atoms with Gasteiger partial charge in [0, 0.05) is 16.1 Å². The van der Waals surface area contributed by atoms with Gasteiger partial charge in [-0.3, -0.25) is 4.79 Å². The number of amides is 1. The molecular formula is C21H21NOS. The Hall–Kier alpha value is -2.39. The molecule has 1 aromatic heterocycles. The van der Waals surface area contributed by atoms with Gasteiger partial charge in [-0.2, -0.15) is 0 Å². The van der Waals surface area contributed by atoms with Crippen molar-refractivity contribution in [1.29, 1.82) is 0 Å². The maximum Gasteiger partial charge on any atom is 0.255 e. The van der Waals surface area contributed by atoms with Crippen LogP contribution in [0.15, 0.2) is 66.0 Å². The van der Waals surface area contributed by atoms with Gasteiger partial charge in [-0.05, 0) is 59.2 Å². The summed E-state index contributed by atoms with van der Waals surface area (Å²) in [4.78, 5) is 13.6. The summed E-state index contributed by atoms with van der Waals surface area (Å²) in [6.07, 6.45) is 1.11. The number of rotatable bonds is 5. The van der Waals surface area contributed by atoms with Gasteiger partial charge < -0.3 is 5.32 Å². The highest BCUT2D eigenvalue weighted by atomic mass is 32.1.